The molecule has 0 unspecified atom stereocenters. The molecule has 0 aromatic heterocycles. The molecule has 2 aromatic carbocycles. The first-order chi connectivity index (χ1) is 12.8. The summed E-state index contributed by atoms with van der Waals surface area (Å²) in [5.74, 6) is 1.66. The Balaban J connectivity index is 0.00000261. The molecule has 5 heteroatoms. The third kappa shape index (κ3) is 6.26. The molecule has 0 radical (unpaired) electrons. The zero-order valence-electron chi connectivity index (χ0n) is 15.9. The molecule has 4 nitrogen and oxygen atoms in total. The summed E-state index contributed by atoms with van der Waals surface area (Å²) in [6, 6.07) is 17.6. The standard InChI is InChI=1S/C22H28N2O2.ClH/c1-23-14-11-18-12-15-24(16-13-18)22(25)20-7-9-21(10-8-20)26-17-19-5-3-2-4-6-19;/h2-10,18,23H,11-17H2,1H3;1H. The predicted molar refractivity (Wildman–Crippen MR) is 112 cm³/mol. The third-order valence-corrected chi connectivity index (χ3v) is 5.05. The summed E-state index contributed by atoms with van der Waals surface area (Å²) in [5, 5.41) is 3.21. The van der Waals surface area contributed by atoms with Crippen molar-refractivity contribution in [3.05, 3.63) is 65.7 Å². The van der Waals surface area contributed by atoms with Crippen molar-refractivity contribution in [1.82, 2.24) is 10.2 Å². The molecule has 1 aliphatic rings. The number of carbonyl (C=O) groups excluding carboxylic acids is 1. The van der Waals surface area contributed by atoms with E-state index in [-0.39, 0.29) is 18.3 Å². The minimum Gasteiger partial charge on any atom is -0.489 e. The van der Waals surface area contributed by atoms with Crippen LogP contribution in [-0.2, 0) is 6.61 Å². The summed E-state index contributed by atoms with van der Waals surface area (Å²) in [5.41, 5.74) is 1.87. The maximum Gasteiger partial charge on any atom is 0.253 e. The van der Waals surface area contributed by atoms with E-state index < -0.39 is 0 Å². The first kappa shape index (κ1) is 21.3. The van der Waals surface area contributed by atoms with Gasteiger partial charge >= 0.3 is 0 Å². The predicted octanol–water partition coefficient (Wildman–Crippen LogP) is 4.15. The van der Waals surface area contributed by atoms with Crippen LogP contribution >= 0.6 is 12.4 Å². The van der Waals surface area contributed by atoms with Crippen molar-refractivity contribution in [1.29, 1.82) is 0 Å². The van der Waals surface area contributed by atoms with Crippen molar-refractivity contribution in [3.8, 4) is 5.75 Å². The Bertz CT molecular complexity index is 683. The smallest absolute Gasteiger partial charge is 0.253 e. The van der Waals surface area contributed by atoms with Crippen LogP contribution in [0.2, 0.25) is 0 Å². The van der Waals surface area contributed by atoms with E-state index in [1.807, 2.05) is 66.5 Å². The fourth-order valence-electron chi connectivity index (χ4n) is 3.39. The monoisotopic (exact) mass is 388 g/mol. The highest BCUT2D eigenvalue weighted by Crippen LogP contribution is 2.22. The summed E-state index contributed by atoms with van der Waals surface area (Å²) in [6.45, 7) is 3.32. The van der Waals surface area contributed by atoms with E-state index in [1.54, 1.807) is 0 Å². The van der Waals surface area contributed by atoms with Crippen LogP contribution in [0.25, 0.3) is 0 Å². The summed E-state index contributed by atoms with van der Waals surface area (Å²) in [4.78, 5) is 14.7. The number of carbonyl (C=O) groups is 1. The second kappa shape index (κ2) is 11.0. The van der Waals surface area contributed by atoms with E-state index in [1.165, 1.54) is 6.42 Å². The van der Waals surface area contributed by atoms with Crippen LogP contribution in [0.4, 0.5) is 0 Å². The Morgan fingerprint density at radius 1 is 1.07 bits per heavy atom. The number of amides is 1. The number of hydrogen-bond donors (Lipinski definition) is 1. The van der Waals surface area contributed by atoms with Gasteiger partial charge in [0.2, 0.25) is 0 Å². The van der Waals surface area contributed by atoms with E-state index in [0.717, 1.165) is 55.3 Å². The van der Waals surface area contributed by atoms with Crippen molar-refractivity contribution in [3.63, 3.8) is 0 Å². The lowest BCUT2D eigenvalue weighted by molar-refractivity contribution is 0.0687. The van der Waals surface area contributed by atoms with Crippen LogP contribution in [0, 0.1) is 5.92 Å². The van der Waals surface area contributed by atoms with Gasteiger partial charge in [-0.2, -0.15) is 0 Å². The van der Waals surface area contributed by atoms with Crippen LogP contribution in [0.1, 0.15) is 35.2 Å². The van der Waals surface area contributed by atoms with Crippen molar-refractivity contribution in [2.75, 3.05) is 26.7 Å². The third-order valence-electron chi connectivity index (χ3n) is 5.05. The topological polar surface area (TPSA) is 41.6 Å². The first-order valence-electron chi connectivity index (χ1n) is 9.47. The maximum absolute atomic E-state index is 12.7. The van der Waals surface area contributed by atoms with Crippen LogP contribution in [-0.4, -0.2) is 37.5 Å². The van der Waals surface area contributed by atoms with Crippen molar-refractivity contribution in [2.24, 2.45) is 5.92 Å². The van der Waals surface area contributed by atoms with E-state index in [2.05, 4.69) is 5.32 Å². The van der Waals surface area contributed by atoms with Gasteiger partial charge < -0.3 is 15.0 Å². The summed E-state index contributed by atoms with van der Waals surface area (Å²) in [7, 11) is 1.99. The number of ether oxygens (including phenoxy) is 1. The summed E-state index contributed by atoms with van der Waals surface area (Å²) >= 11 is 0. The van der Waals surface area contributed by atoms with Crippen LogP contribution < -0.4 is 10.1 Å². The van der Waals surface area contributed by atoms with Crippen molar-refractivity contribution < 1.29 is 9.53 Å². The molecule has 1 heterocycles. The number of nitrogens with one attached hydrogen (secondary N) is 1. The number of benzene rings is 2. The minimum atomic E-state index is 0. The number of hydrogen-bond acceptors (Lipinski definition) is 3. The Labute approximate surface area is 168 Å². The first-order valence-corrected chi connectivity index (χ1v) is 9.47. The fourth-order valence-corrected chi connectivity index (χ4v) is 3.39. The molecular weight excluding hydrogens is 360 g/mol. The highest BCUT2D eigenvalue weighted by atomic mass is 35.5. The quantitative estimate of drug-likeness (QED) is 0.774. The van der Waals surface area contributed by atoms with Gasteiger partial charge in [-0.15, -0.1) is 12.4 Å². The Kier molecular flexibility index (Phi) is 8.62. The molecule has 3 rings (SSSR count). The lowest BCUT2D eigenvalue weighted by atomic mass is 9.93. The van der Waals surface area contributed by atoms with Gasteiger partial charge in [-0.05, 0) is 68.6 Å². The number of likely N-dealkylation sites (tertiary alicyclic amines) is 1. The molecule has 0 saturated carbocycles. The molecule has 146 valence electrons. The Hall–Kier alpha value is -2.04. The maximum atomic E-state index is 12.7. The molecule has 2 aromatic rings. The zero-order valence-corrected chi connectivity index (χ0v) is 16.7. The van der Waals surface area contributed by atoms with E-state index in [9.17, 15) is 4.79 Å². The highest BCUT2D eigenvalue weighted by Gasteiger charge is 2.23. The second-order valence-electron chi connectivity index (χ2n) is 6.93. The molecule has 0 spiro atoms. The Morgan fingerprint density at radius 2 is 1.74 bits per heavy atom. The molecule has 0 bridgehead atoms. The van der Waals surface area contributed by atoms with Gasteiger partial charge in [-0.1, -0.05) is 30.3 Å². The van der Waals surface area contributed by atoms with Crippen LogP contribution in [0.15, 0.2) is 54.6 Å². The lowest BCUT2D eigenvalue weighted by Crippen LogP contribution is -2.38. The van der Waals surface area contributed by atoms with Gasteiger partial charge in [-0.25, -0.2) is 0 Å². The number of rotatable bonds is 7. The van der Waals surface area contributed by atoms with Crippen molar-refractivity contribution in [2.45, 2.75) is 25.9 Å². The fraction of sp³-hybridized carbons (Fsp3) is 0.409. The molecule has 1 amide bonds. The van der Waals surface area contributed by atoms with Gasteiger partial charge in [0.15, 0.2) is 0 Å². The van der Waals surface area contributed by atoms with E-state index in [0.29, 0.717) is 6.61 Å². The molecular formula is C22H29ClN2O2. The molecule has 1 N–H and O–H groups in total. The van der Waals surface area contributed by atoms with Crippen molar-refractivity contribution >= 4 is 18.3 Å². The molecule has 27 heavy (non-hydrogen) atoms. The molecule has 0 aliphatic carbocycles. The summed E-state index contributed by atoms with van der Waals surface area (Å²) in [6.07, 6.45) is 3.41. The normalized spacial score (nSPS) is 14.5. The average Bonchev–Trinajstić information content (AvgIpc) is 2.72. The van der Waals surface area contributed by atoms with Gasteiger partial charge in [0, 0.05) is 18.7 Å². The van der Waals surface area contributed by atoms with E-state index in [4.69, 9.17) is 4.74 Å². The van der Waals surface area contributed by atoms with Gasteiger partial charge in [0.25, 0.3) is 5.91 Å². The molecule has 1 saturated heterocycles. The minimum absolute atomic E-state index is 0. The number of piperidine rings is 1. The van der Waals surface area contributed by atoms with Gasteiger partial charge in [0.1, 0.15) is 12.4 Å². The highest BCUT2D eigenvalue weighted by molar-refractivity contribution is 5.94. The van der Waals surface area contributed by atoms with Crippen LogP contribution in [0.3, 0.4) is 0 Å². The van der Waals surface area contributed by atoms with Gasteiger partial charge in [-0.3, -0.25) is 4.79 Å². The molecule has 1 fully saturated rings. The zero-order chi connectivity index (χ0) is 18.2. The molecule has 1 aliphatic heterocycles. The van der Waals surface area contributed by atoms with E-state index >= 15 is 0 Å². The van der Waals surface area contributed by atoms with Gasteiger partial charge in [0.05, 0.1) is 0 Å². The second-order valence-corrected chi connectivity index (χ2v) is 6.93. The SMILES string of the molecule is CNCCC1CCN(C(=O)c2ccc(OCc3ccccc3)cc2)CC1.Cl. The lowest BCUT2D eigenvalue weighted by Gasteiger charge is -2.32. The largest absolute Gasteiger partial charge is 0.489 e. The number of halogens is 1. The molecule has 0 atom stereocenters. The average molecular weight is 389 g/mol. The Morgan fingerprint density at radius 3 is 2.37 bits per heavy atom. The van der Waals surface area contributed by atoms with Crippen LogP contribution in [0.5, 0.6) is 5.75 Å². The number of nitrogens with zero attached hydrogens (tertiary/aromatic N) is 1. The summed E-state index contributed by atoms with van der Waals surface area (Å²) < 4.78 is 5.79.